The van der Waals surface area contributed by atoms with E-state index in [1.165, 1.54) is 12.1 Å². The molecule has 0 fully saturated rings. The van der Waals surface area contributed by atoms with Crippen molar-refractivity contribution in [3.63, 3.8) is 0 Å². The maximum atomic E-state index is 12.2. The van der Waals surface area contributed by atoms with Crippen LogP contribution in [0.2, 0.25) is 0 Å². The zero-order valence-electron chi connectivity index (χ0n) is 10.3. The van der Waals surface area contributed by atoms with Crippen molar-refractivity contribution >= 4 is 12.4 Å². The first-order chi connectivity index (χ1) is 9.00. The number of benzene rings is 1. The molecule has 1 rings (SSSR count). The summed E-state index contributed by atoms with van der Waals surface area (Å²) in [7, 11) is 0. The fourth-order valence-electron chi connectivity index (χ4n) is 1.47. The van der Waals surface area contributed by atoms with Gasteiger partial charge in [-0.1, -0.05) is 18.2 Å². The van der Waals surface area contributed by atoms with Gasteiger partial charge in [-0.05, 0) is 6.07 Å². The van der Waals surface area contributed by atoms with E-state index in [1.54, 1.807) is 0 Å². The second-order valence-corrected chi connectivity index (χ2v) is 3.99. The van der Waals surface area contributed by atoms with Crippen LogP contribution in [0.1, 0.15) is 18.1 Å². The van der Waals surface area contributed by atoms with Gasteiger partial charge in [0, 0.05) is 12.0 Å². The molecule has 0 aliphatic heterocycles. The van der Waals surface area contributed by atoms with E-state index in [9.17, 15) is 31.4 Å². The molecule has 3 nitrogen and oxygen atoms in total. The Balaban J connectivity index is 0.00000400. The maximum absolute atomic E-state index is 12.2. The molecule has 0 aliphatic carbocycles. The van der Waals surface area contributed by atoms with E-state index >= 15 is 0 Å². The van der Waals surface area contributed by atoms with E-state index in [0.29, 0.717) is 0 Å². The lowest BCUT2D eigenvalue weighted by molar-refractivity contribution is -0.275. The summed E-state index contributed by atoms with van der Waals surface area (Å²) in [5.41, 5.74) is 4.41. The molecule has 1 aromatic rings. The molecule has 10 heteroatoms. The fraction of sp³-hybridized carbons (Fsp3) is 0.455. The summed E-state index contributed by atoms with van der Waals surface area (Å²) < 4.78 is 76.8. The predicted molar refractivity (Wildman–Crippen MR) is 64.0 cm³/mol. The van der Waals surface area contributed by atoms with Crippen LogP contribution in [0, 0.1) is 0 Å². The number of rotatable bonds is 4. The van der Waals surface area contributed by atoms with Gasteiger partial charge in [-0.25, -0.2) is 0 Å². The minimum atomic E-state index is -5.01. The van der Waals surface area contributed by atoms with Gasteiger partial charge in [0.25, 0.3) is 0 Å². The van der Waals surface area contributed by atoms with Gasteiger partial charge in [-0.3, -0.25) is 0 Å². The second-order valence-electron chi connectivity index (χ2n) is 3.99. The number of ether oxygens (including phenoxy) is 1. The maximum Gasteiger partial charge on any atom is 0.573 e. The van der Waals surface area contributed by atoms with Crippen molar-refractivity contribution in [3.8, 4) is 5.75 Å². The Morgan fingerprint density at radius 3 is 2.10 bits per heavy atom. The summed E-state index contributed by atoms with van der Waals surface area (Å²) in [6.07, 6.45) is -12.6. The molecule has 0 radical (unpaired) electrons. The third kappa shape index (κ3) is 6.40. The third-order valence-electron chi connectivity index (χ3n) is 2.40. The molecule has 0 saturated carbocycles. The molecule has 3 N–H and O–H groups in total. The molecule has 0 heterocycles. The summed E-state index contributed by atoms with van der Waals surface area (Å²) in [6, 6.07) is 2.04. The molecular weight excluding hydrogens is 328 g/mol. The molecule has 21 heavy (non-hydrogen) atoms. The first-order valence-electron chi connectivity index (χ1n) is 5.35. The topological polar surface area (TPSA) is 55.5 Å². The van der Waals surface area contributed by atoms with Crippen LogP contribution < -0.4 is 10.5 Å². The van der Waals surface area contributed by atoms with Crippen LogP contribution in [0.15, 0.2) is 24.3 Å². The zero-order valence-corrected chi connectivity index (χ0v) is 11.1. The number of alkyl halides is 6. The molecule has 1 aromatic carbocycles. The van der Waals surface area contributed by atoms with Gasteiger partial charge in [0.2, 0.25) is 0 Å². The molecule has 0 aromatic heterocycles. The Kier molecular flexibility index (Phi) is 6.78. The fourth-order valence-corrected chi connectivity index (χ4v) is 1.47. The van der Waals surface area contributed by atoms with E-state index in [0.717, 1.165) is 12.1 Å². The van der Waals surface area contributed by atoms with Gasteiger partial charge in [0.05, 0.1) is 6.10 Å². The first kappa shape index (κ1) is 19.8. The third-order valence-corrected chi connectivity index (χ3v) is 2.40. The SMILES string of the molecule is Cl.N[C@@H](C[C@@H](O)c1ccccc1OC(F)(F)F)C(F)(F)F. The number of para-hydroxylation sites is 1. The second kappa shape index (κ2) is 7.19. The number of nitrogens with two attached hydrogens (primary N) is 1. The van der Waals surface area contributed by atoms with Crippen LogP contribution in [0.25, 0.3) is 0 Å². The average Bonchev–Trinajstić information content (AvgIpc) is 2.25. The molecule has 0 saturated heterocycles. The molecule has 0 spiro atoms. The van der Waals surface area contributed by atoms with Crippen molar-refractivity contribution in [3.05, 3.63) is 29.8 Å². The highest BCUT2D eigenvalue weighted by Gasteiger charge is 2.39. The van der Waals surface area contributed by atoms with Gasteiger partial charge >= 0.3 is 12.5 Å². The summed E-state index contributed by atoms with van der Waals surface area (Å²) in [6.45, 7) is 0. The molecule has 2 atom stereocenters. The number of hydrogen-bond acceptors (Lipinski definition) is 3. The Bertz CT molecular complexity index is 451. The van der Waals surface area contributed by atoms with Crippen molar-refractivity contribution in [2.75, 3.05) is 0 Å². The van der Waals surface area contributed by atoms with Crippen molar-refractivity contribution in [1.82, 2.24) is 0 Å². The number of halogens is 7. The highest BCUT2D eigenvalue weighted by molar-refractivity contribution is 5.85. The van der Waals surface area contributed by atoms with Crippen molar-refractivity contribution in [2.45, 2.75) is 31.1 Å². The van der Waals surface area contributed by atoms with Crippen molar-refractivity contribution in [1.29, 1.82) is 0 Å². The minimum Gasteiger partial charge on any atom is -0.405 e. The minimum absolute atomic E-state index is 0. The lowest BCUT2D eigenvalue weighted by atomic mass is 10.0. The molecule has 122 valence electrons. The Morgan fingerprint density at radius 1 is 1.10 bits per heavy atom. The zero-order chi connectivity index (χ0) is 15.6. The summed E-state index contributed by atoms with van der Waals surface area (Å²) in [4.78, 5) is 0. The molecule has 0 unspecified atom stereocenters. The van der Waals surface area contributed by atoms with E-state index in [-0.39, 0.29) is 12.4 Å². The summed E-state index contributed by atoms with van der Waals surface area (Å²) in [5.74, 6) is -0.762. The van der Waals surface area contributed by atoms with Gasteiger partial charge < -0.3 is 15.6 Å². The highest BCUT2D eigenvalue weighted by Crippen LogP contribution is 2.33. The normalized spacial score (nSPS) is 15.0. The molecule has 0 aliphatic rings. The van der Waals surface area contributed by atoms with Crippen LogP contribution in [0.5, 0.6) is 5.75 Å². The number of hydrogen-bond donors (Lipinski definition) is 2. The van der Waals surface area contributed by atoms with E-state index < -0.39 is 42.4 Å². The highest BCUT2D eigenvalue weighted by atomic mass is 35.5. The quantitative estimate of drug-likeness (QED) is 0.827. The average molecular weight is 340 g/mol. The smallest absolute Gasteiger partial charge is 0.405 e. The Hall–Kier alpha value is -1.19. The summed E-state index contributed by atoms with van der Waals surface area (Å²) >= 11 is 0. The molecular formula is C11H12ClF6NO2. The molecule has 0 bridgehead atoms. The van der Waals surface area contributed by atoms with Gasteiger partial charge in [-0.2, -0.15) is 13.2 Å². The largest absolute Gasteiger partial charge is 0.573 e. The van der Waals surface area contributed by atoms with Crippen LogP contribution in [0.3, 0.4) is 0 Å². The predicted octanol–water partition coefficient (Wildman–Crippen LogP) is 3.32. The van der Waals surface area contributed by atoms with Crippen molar-refractivity contribution < 1.29 is 36.2 Å². The van der Waals surface area contributed by atoms with E-state index in [4.69, 9.17) is 5.73 Å². The van der Waals surface area contributed by atoms with E-state index in [2.05, 4.69) is 4.74 Å². The van der Waals surface area contributed by atoms with Gasteiger partial charge in [-0.15, -0.1) is 25.6 Å². The van der Waals surface area contributed by atoms with Crippen LogP contribution in [-0.2, 0) is 0 Å². The first-order valence-corrected chi connectivity index (χ1v) is 5.35. The lowest BCUT2D eigenvalue weighted by Gasteiger charge is -2.21. The Labute approximate surface area is 122 Å². The van der Waals surface area contributed by atoms with Crippen LogP contribution >= 0.6 is 12.4 Å². The monoisotopic (exact) mass is 339 g/mol. The van der Waals surface area contributed by atoms with E-state index in [1.807, 2.05) is 0 Å². The van der Waals surface area contributed by atoms with Gasteiger partial charge in [0.1, 0.15) is 11.8 Å². The van der Waals surface area contributed by atoms with Crippen LogP contribution in [-0.4, -0.2) is 23.7 Å². The Morgan fingerprint density at radius 2 is 1.62 bits per heavy atom. The standard InChI is InChI=1S/C11H11F6NO2.ClH/c12-10(13,14)9(18)5-7(19)6-3-1-2-4-8(6)20-11(15,16)17;/h1-4,7,9,19H,5,18H2;1H/t7-,9+;/m1./s1. The van der Waals surface area contributed by atoms with Crippen LogP contribution in [0.4, 0.5) is 26.3 Å². The van der Waals surface area contributed by atoms with Crippen molar-refractivity contribution in [2.24, 2.45) is 5.73 Å². The molecule has 0 amide bonds. The lowest BCUT2D eigenvalue weighted by Crippen LogP contribution is -2.38. The number of aliphatic hydroxyl groups is 1. The van der Waals surface area contributed by atoms with Gasteiger partial charge in [0.15, 0.2) is 0 Å². The number of aliphatic hydroxyl groups excluding tert-OH is 1. The summed E-state index contributed by atoms with van der Waals surface area (Å²) in [5, 5.41) is 9.60.